The number of halogens is 3. The highest BCUT2D eigenvalue weighted by Gasteiger charge is 2.54. The monoisotopic (exact) mass is 287 g/mol. The van der Waals surface area contributed by atoms with Gasteiger partial charge in [-0.1, -0.05) is 0 Å². The predicted octanol–water partition coefficient (Wildman–Crippen LogP) is 2.11. The molecule has 7 heteroatoms. The zero-order chi connectivity index (χ0) is 15.0. The molecule has 0 aliphatic carbocycles. The molecule has 1 aromatic rings. The Morgan fingerprint density at radius 1 is 1.40 bits per heavy atom. The summed E-state index contributed by atoms with van der Waals surface area (Å²) in [5, 5.41) is 2.78. The highest BCUT2D eigenvalue weighted by atomic mass is 19.3. The molecule has 1 heterocycles. The van der Waals surface area contributed by atoms with Crippen LogP contribution in [0.25, 0.3) is 0 Å². The van der Waals surface area contributed by atoms with E-state index >= 15 is 0 Å². The summed E-state index contributed by atoms with van der Waals surface area (Å²) in [5.74, 6) is -4.22. The molecule has 1 aliphatic rings. The lowest BCUT2D eigenvalue weighted by molar-refractivity contribution is -0.116. The topological polar surface area (TPSA) is 59.6 Å². The second-order valence-corrected chi connectivity index (χ2v) is 4.82. The number of rotatable bonds is 2. The number of benzene rings is 1. The van der Waals surface area contributed by atoms with Crippen LogP contribution >= 0.6 is 0 Å². The normalized spacial score (nSPS) is 25.8. The van der Waals surface area contributed by atoms with E-state index in [9.17, 15) is 13.2 Å². The lowest BCUT2D eigenvalue weighted by Crippen LogP contribution is -2.45. The lowest BCUT2D eigenvalue weighted by atomic mass is 9.85. The van der Waals surface area contributed by atoms with Gasteiger partial charge in [0.25, 0.3) is 5.92 Å². The fourth-order valence-corrected chi connectivity index (χ4v) is 2.14. The van der Waals surface area contributed by atoms with E-state index in [0.717, 1.165) is 13.0 Å². The summed E-state index contributed by atoms with van der Waals surface area (Å²) in [6.07, 6.45) is 0. The van der Waals surface area contributed by atoms with Crippen LogP contribution in [0.3, 0.4) is 0 Å². The third-order valence-corrected chi connectivity index (χ3v) is 3.39. The third kappa shape index (κ3) is 2.33. The van der Waals surface area contributed by atoms with Crippen molar-refractivity contribution in [2.24, 2.45) is 10.7 Å². The molecule has 0 aromatic heterocycles. The quantitative estimate of drug-likeness (QED) is 0.875. The summed E-state index contributed by atoms with van der Waals surface area (Å²) >= 11 is 0. The number of aliphatic imine (C=N–C) groups is 1. The fraction of sp³-hybridized carbons (Fsp3) is 0.462. The number of amidine groups is 1. The molecule has 0 spiro atoms. The van der Waals surface area contributed by atoms with E-state index in [0.29, 0.717) is 5.69 Å². The molecule has 1 atom stereocenters. The van der Waals surface area contributed by atoms with Crippen LogP contribution in [-0.4, -0.2) is 32.0 Å². The Hall–Kier alpha value is -1.76. The molecular formula is C13H16F3N3O. The number of nitrogens with two attached hydrogens (primary N) is 1. The zero-order valence-electron chi connectivity index (χ0n) is 11.2. The van der Waals surface area contributed by atoms with Gasteiger partial charge in [-0.2, -0.15) is 0 Å². The second kappa shape index (κ2) is 4.97. The maximum absolute atomic E-state index is 14.3. The van der Waals surface area contributed by atoms with Crippen molar-refractivity contribution in [1.29, 1.82) is 0 Å². The van der Waals surface area contributed by atoms with E-state index in [1.165, 1.54) is 12.1 Å². The average molecular weight is 287 g/mol. The van der Waals surface area contributed by atoms with Crippen molar-refractivity contribution in [2.75, 3.05) is 25.6 Å². The van der Waals surface area contributed by atoms with Crippen LogP contribution in [0.5, 0.6) is 0 Å². The van der Waals surface area contributed by atoms with Crippen molar-refractivity contribution < 1.29 is 17.9 Å². The van der Waals surface area contributed by atoms with E-state index in [1.807, 2.05) is 0 Å². The highest BCUT2D eigenvalue weighted by Crippen LogP contribution is 2.44. The summed E-state index contributed by atoms with van der Waals surface area (Å²) in [5.41, 5.74) is 3.73. The molecule has 110 valence electrons. The number of hydrogen-bond donors (Lipinski definition) is 2. The van der Waals surface area contributed by atoms with E-state index in [4.69, 9.17) is 10.5 Å². The van der Waals surface area contributed by atoms with E-state index in [1.54, 1.807) is 7.05 Å². The first kappa shape index (κ1) is 14.6. The molecule has 0 saturated heterocycles. The van der Waals surface area contributed by atoms with Crippen molar-refractivity contribution in [3.8, 4) is 0 Å². The Balaban J connectivity index is 2.64. The molecule has 0 amide bonds. The van der Waals surface area contributed by atoms with Gasteiger partial charge in [0.05, 0.1) is 0 Å². The van der Waals surface area contributed by atoms with E-state index in [2.05, 4.69) is 10.3 Å². The summed E-state index contributed by atoms with van der Waals surface area (Å²) in [6.45, 7) is 0.0990. The minimum Gasteiger partial charge on any atom is -0.388 e. The molecule has 0 saturated carbocycles. The van der Waals surface area contributed by atoms with Gasteiger partial charge in [0, 0.05) is 18.3 Å². The number of anilines is 1. The van der Waals surface area contributed by atoms with Gasteiger partial charge in [-0.05, 0) is 25.1 Å². The van der Waals surface area contributed by atoms with Crippen LogP contribution in [0.1, 0.15) is 12.5 Å². The minimum absolute atomic E-state index is 0.0843. The summed E-state index contributed by atoms with van der Waals surface area (Å²) in [4.78, 5) is 3.82. The Labute approximate surface area is 114 Å². The van der Waals surface area contributed by atoms with Crippen LogP contribution < -0.4 is 11.1 Å². The number of nitrogens with one attached hydrogen (secondary N) is 1. The summed E-state index contributed by atoms with van der Waals surface area (Å²) in [6, 6.07) is 3.89. The number of alkyl halides is 2. The molecule has 20 heavy (non-hydrogen) atoms. The van der Waals surface area contributed by atoms with Crippen LogP contribution in [-0.2, 0) is 10.3 Å². The van der Waals surface area contributed by atoms with Crippen LogP contribution in [0.4, 0.5) is 18.9 Å². The van der Waals surface area contributed by atoms with Gasteiger partial charge in [0.1, 0.15) is 24.9 Å². The maximum atomic E-state index is 14.3. The largest absolute Gasteiger partial charge is 0.388 e. The van der Waals surface area contributed by atoms with Gasteiger partial charge in [-0.3, -0.25) is 4.99 Å². The first-order valence-electron chi connectivity index (χ1n) is 6.08. The molecule has 0 bridgehead atoms. The predicted molar refractivity (Wildman–Crippen MR) is 70.7 cm³/mol. The first-order chi connectivity index (χ1) is 9.30. The number of hydrogen-bond acceptors (Lipinski definition) is 4. The Bertz CT molecular complexity index is 548. The second-order valence-electron chi connectivity index (χ2n) is 4.82. The molecule has 1 unspecified atom stereocenters. The molecule has 0 fully saturated rings. The smallest absolute Gasteiger partial charge is 0.299 e. The van der Waals surface area contributed by atoms with Crippen molar-refractivity contribution in [1.82, 2.24) is 0 Å². The summed E-state index contributed by atoms with van der Waals surface area (Å²) in [7, 11) is 1.62. The fourth-order valence-electron chi connectivity index (χ4n) is 2.14. The molecule has 4 nitrogen and oxygen atoms in total. The molecule has 0 radical (unpaired) electrons. The van der Waals surface area contributed by atoms with Gasteiger partial charge >= 0.3 is 0 Å². The molecule has 2 rings (SSSR count). The number of nitrogens with zero attached hydrogens (tertiary/aromatic N) is 1. The van der Waals surface area contributed by atoms with E-state index < -0.39 is 23.9 Å². The Morgan fingerprint density at radius 3 is 2.75 bits per heavy atom. The Kier molecular flexibility index (Phi) is 3.64. The summed E-state index contributed by atoms with van der Waals surface area (Å²) < 4.78 is 47.4. The molecular weight excluding hydrogens is 271 g/mol. The average Bonchev–Trinajstić information content (AvgIpc) is 2.47. The molecule has 1 aliphatic heterocycles. The van der Waals surface area contributed by atoms with Gasteiger partial charge in [-0.25, -0.2) is 13.2 Å². The van der Waals surface area contributed by atoms with Crippen molar-refractivity contribution >= 4 is 11.5 Å². The third-order valence-electron chi connectivity index (χ3n) is 3.39. The standard InChI is InChI=1S/C13H16F3N3O/c1-12(9-5-8(18-2)3-4-10(9)14)13(15,16)7-20-6-11(17)19-12/h3-5,18H,6-7H2,1-2H3,(H2,17,19). The van der Waals surface area contributed by atoms with Gasteiger partial charge in [-0.15, -0.1) is 0 Å². The lowest BCUT2D eigenvalue weighted by Gasteiger charge is -2.33. The van der Waals surface area contributed by atoms with Crippen LogP contribution in [0, 0.1) is 5.82 Å². The molecule has 1 aromatic carbocycles. The first-order valence-corrected chi connectivity index (χ1v) is 6.08. The highest BCUT2D eigenvalue weighted by molar-refractivity contribution is 5.82. The van der Waals surface area contributed by atoms with Crippen molar-refractivity contribution in [3.63, 3.8) is 0 Å². The SMILES string of the molecule is CNc1ccc(F)c(C2(C)N=C(N)COCC2(F)F)c1. The number of ether oxygens (including phenoxy) is 1. The molecule has 3 N–H and O–H groups in total. The van der Waals surface area contributed by atoms with Crippen molar-refractivity contribution in [2.45, 2.75) is 18.4 Å². The van der Waals surface area contributed by atoms with Crippen molar-refractivity contribution in [3.05, 3.63) is 29.6 Å². The van der Waals surface area contributed by atoms with Gasteiger partial charge in [0.15, 0.2) is 5.54 Å². The minimum atomic E-state index is -3.37. The van der Waals surface area contributed by atoms with Crippen LogP contribution in [0.2, 0.25) is 0 Å². The zero-order valence-corrected chi connectivity index (χ0v) is 11.2. The maximum Gasteiger partial charge on any atom is 0.299 e. The van der Waals surface area contributed by atoms with Gasteiger partial charge in [0.2, 0.25) is 0 Å². The van der Waals surface area contributed by atoms with Gasteiger partial charge < -0.3 is 15.8 Å². The van der Waals surface area contributed by atoms with Crippen LogP contribution in [0.15, 0.2) is 23.2 Å². The van der Waals surface area contributed by atoms with E-state index in [-0.39, 0.29) is 18.0 Å². The Morgan fingerprint density at radius 2 is 2.10 bits per heavy atom.